The molecule has 0 fully saturated rings. The predicted molar refractivity (Wildman–Crippen MR) is 92.7 cm³/mol. The van der Waals surface area contributed by atoms with Gasteiger partial charge in [0.1, 0.15) is 5.92 Å². The van der Waals surface area contributed by atoms with Gasteiger partial charge in [0.2, 0.25) is 0 Å². The van der Waals surface area contributed by atoms with Crippen LogP contribution in [0.5, 0.6) is 0 Å². The molecule has 1 aromatic carbocycles. The smallest absolute Gasteiger partial charge is 0.314 e. The molecular weight excluding hydrogens is 298 g/mol. The van der Waals surface area contributed by atoms with Crippen molar-refractivity contribution in [2.45, 2.75) is 19.9 Å². The third-order valence-electron chi connectivity index (χ3n) is 3.96. The second kappa shape index (κ2) is 6.44. The van der Waals surface area contributed by atoms with E-state index >= 15 is 0 Å². The van der Waals surface area contributed by atoms with Crippen LogP contribution in [-0.2, 0) is 4.79 Å². The van der Waals surface area contributed by atoms with Crippen LogP contribution in [0.25, 0.3) is 0 Å². The standard InChI is InChI=1S/C16H21N3O2S/c1-5-19-14(11-8-6-7-9-12(11)18(3)4)13(15(20)21)10(2)17-16(19)22/h6-9,13-14H,5H2,1-4H3,(H,20,21). The topological polar surface area (TPSA) is 56.1 Å². The maximum Gasteiger partial charge on any atom is 0.314 e. The molecule has 0 bridgehead atoms. The lowest BCUT2D eigenvalue weighted by Gasteiger charge is -2.40. The van der Waals surface area contributed by atoms with Crippen LogP contribution in [-0.4, -0.2) is 47.4 Å². The Bertz CT molecular complexity index is 628. The number of aliphatic imine (C=N–C) groups is 1. The second-order valence-electron chi connectivity index (χ2n) is 5.54. The fraction of sp³-hybridized carbons (Fsp3) is 0.438. The van der Waals surface area contributed by atoms with Gasteiger partial charge in [-0.2, -0.15) is 0 Å². The second-order valence-corrected chi connectivity index (χ2v) is 5.90. The van der Waals surface area contributed by atoms with Gasteiger partial charge in [0.05, 0.1) is 6.04 Å². The minimum Gasteiger partial charge on any atom is -0.481 e. The monoisotopic (exact) mass is 319 g/mol. The number of carboxylic acids is 1. The summed E-state index contributed by atoms with van der Waals surface area (Å²) in [6.07, 6.45) is 0. The average molecular weight is 319 g/mol. The molecule has 0 spiro atoms. The zero-order valence-electron chi connectivity index (χ0n) is 13.3. The summed E-state index contributed by atoms with van der Waals surface area (Å²) in [7, 11) is 3.90. The van der Waals surface area contributed by atoms with Crippen molar-refractivity contribution < 1.29 is 9.90 Å². The number of hydrogen-bond acceptors (Lipinski definition) is 3. The molecule has 1 heterocycles. The Morgan fingerprint density at radius 1 is 1.41 bits per heavy atom. The Hall–Kier alpha value is -1.95. The van der Waals surface area contributed by atoms with E-state index in [9.17, 15) is 9.90 Å². The molecule has 6 heteroatoms. The number of anilines is 1. The Morgan fingerprint density at radius 3 is 2.59 bits per heavy atom. The highest BCUT2D eigenvalue weighted by atomic mass is 32.1. The van der Waals surface area contributed by atoms with Crippen LogP contribution in [0.3, 0.4) is 0 Å². The van der Waals surface area contributed by atoms with E-state index in [0.717, 1.165) is 11.3 Å². The van der Waals surface area contributed by atoms with E-state index < -0.39 is 11.9 Å². The van der Waals surface area contributed by atoms with Gasteiger partial charge in [-0.15, -0.1) is 0 Å². The molecule has 1 N–H and O–H groups in total. The summed E-state index contributed by atoms with van der Waals surface area (Å²) in [6, 6.07) is 7.50. The maximum absolute atomic E-state index is 11.8. The summed E-state index contributed by atoms with van der Waals surface area (Å²) in [5.41, 5.74) is 2.51. The molecule has 22 heavy (non-hydrogen) atoms. The Labute approximate surface area is 136 Å². The highest BCUT2D eigenvalue weighted by molar-refractivity contribution is 7.80. The fourth-order valence-electron chi connectivity index (χ4n) is 2.95. The van der Waals surface area contributed by atoms with Crippen LogP contribution in [0.4, 0.5) is 5.69 Å². The number of para-hydroxylation sites is 1. The van der Waals surface area contributed by atoms with Gasteiger partial charge in [-0.1, -0.05) is 18.2 Å². The zero-order valence-corrected chi connectivity index (χ0v) is 14.1. The van der Waals surface area contributed by atoms with Crippen molar-refractivity contribution in [1.29, 1.82) is 0 Å². The highest BCUT2D eigenvalue weighted by Crippen LogP contribution is 2.38. The van der Waals surface area contributed by atoms with Crippen molar-refractivity contribution in [2.75, 3.05) is 25.5 Å². The van der Waals surface area contributed by atoms with Crippen LogP contribution in [0, 0.1) is 5.92 Å². The largest absolute Gasteiger partial charge is 0.481 e. The molecule has 0 radical (unpaired) electrons. The van der Waals surface area contributed by atoms with E-state index in [1.165, 1.54) is 0 Å². The van der Waals surface area contributed by atoms with E-state index in [-0.39, 0.29) is 6.04 Å². The van der Waals surface area contributed by atoms with E-state index in [1.807, 2.05) is 55.1 Å². The van der Waals surface area contributed by atoms with Gasteiger partial charge in [-0.05, 0) is 37.7 Å². The van der Waals surface area contributed by atoms with Gasteiger partial charge in [-0.3, -0.25) is 4.79 Å². The quantitative estimate of drug-likeness (QED) is 0.865. The molecule has 1 aromatic rings. The van der Waals surface area contributed by atoms with Crippen molar-refractivity contribution >= 4 is 34.7 Å². The van der Waals surface area contributed by atoms with Crippen LogP contribution in [0.2, 0.25) is 0 Å². The van der Waals surface area contributed by atoms with Gasteiger partial charge >= 0.3 is 5.97 Å². The third-order valence-corrected chi connectivity index (χ3v) is 4.29. The number of carbonyl (C=O) groups is 1. The number of thiocarbonyl (C=S) groups is 1. The number of rotatable bonds is 4. The molecule has 0 aromatic heterocycles. The van der Waals surface area contributed by atoms with Gasteiger partial charge in [0.25, 0.3) is 0 Å². The summed E-state index contributed by atoms with van der Waals surface area (Å²) in [5, 5.41) is 10.2. The van der Waals surface area contributed by atoms with Gasteiger partial charge < -0.3 is 14.9 Å². The van der Waals surface area contributed by atoms with E-state index in [2.05, 4.69) is 4.99 Å². The number of benzene rings is 1. The van der Waals surface area contributed by atoms with Gasteiger partial charge in [0, 0.05) is 32.0 Å². The normalized spacial score (nSPS) is 21.5. The third kappa shape index (κ3) is 2.83. The Kier molecular flexibility index (Phi) is 4.81. The van der Waals surface area contributed by atoms with Crippen LogP contribution in [0.15, 0.2) is 29.3 Å². The van der Waals surface area contributed by atoms with E-state index in [1.54, 1.807) is 6.92 Å². The number of carboxylic acid groups (broad SMARTS) is 1. The molecule has 2 rings (SSSR count). The first-order chi connectivity index (χ1) is 10.4. The predicted octanol–water partition coefficient (Wildman–Crippen LogP) is 2.58. The first-order valence-corrected chi connectivity index (χ1v) is 7.64. The highest BCUT2D eigenvalue weighted by Gasteiger charge is 2.41. The molecule has 5 nitrogen and oxygen atoms in total. The maximum atomic E-state index is 11.8. The summed E-state index contributed by atoms with van der Waals surface area (Å²) >= 11 is 5.36. The SMILES string of the molecule is CCN1C(=S)N=C(C)C(C(=O)O)C1c1ccccc1N(C)C. The van der Waals surface area contributed by atoms with Crippen molar-refractivity contribution in [3.63, 3.8) is 0 Å². The molecule has 2 atom stereocenters. The van der Waals surface area contributed by atoms with Crippen molar-refractivity contribution in [1.82, 2.24) is 4.90 Å². The van der Waals surface area contributed by atoms with E-state index in [0.29, 0.717) is 17.4 Å². The first-order valence-electron chi connectivity index (χ1n) is 7.23. The minimum atomic E-state index is -0.874. The summed E-state index contributed by atoms with van der Waals surface area (Å²) in [5.74, 6) is -1.58. The lowest BCUT2D eigenvalue weighted by atomic mass is 9.86. The Balaban J connectivity index is 2.64. The molecule has 2 unspecified atom stereocenters. The molecule has 0 aliphatic carbocycles. The van der Waals surface area contributed by atoms with Crippen LogP contribution < -0.4 is 4.90 Å². The molecule has 118 valence electrons. The van der Waals surface area contributed by atoms with Gasteiger partial charge in [0.15, 0.2) is 5.11 Å². The minimum absolute atomic E-state index is 0.342. The van der Waals surface area contributed by atoms with Crippen molar-refractivity contribution in [3.05, 3.63) is 29.8 Å². The molecule has 1 aliphatic rings. The Morgan fingerprint density at radius 2 is 2.05 bits per heavy atom. The van der Waals surface area contributed by atoms with E-state index in [4.69, 9.17) is 12.2 Å². The molecule has 0 amide bonds. The van der Waals surface area contributed by atoms with Gasteiger partial charge in [-0.25, -0.2) is 4.99 Å². The number of aliphatic carboxylic acids is 1. The summed E-state index contributed by atoms with van der Waals surface area (Å²) in [4.78, 5) is 20.0. The molecule has 0 saturated carbocycles. The average Bonchev–Trinajstić information content (AvgIpc) is 2.45. The van der Waals surface area contributed by atoms with Crippen molar-refractivity contribution in [2.24, 2.45) is 10.9 Å². The summed E-state index contributed by atoms with van der Waals surface area (Å²) in [6.45, 7) is 4.32. The van der Waals surface area contributed by atoms with Crippen LogP contribution >= 0.6 is 12.2 Å². The lowest BCUT2D eigenvalue weighted by Crippen LogP contribution is -2.46. The number of nitrogens with zero attached hydrogens (tertiary/aromatic N) is 3. The first kappa shape index (κ1) is 16.4. The van der Waals surface area contributed by atoms with Crippen molar-refractivity contribution in [3.8, 4) is 0 Å². The summed E-state index contributed by atoms with van der Waals surface area (Å²) < 4.78 is 0. The molecular formula is C16H21N3O2S. The fourth-order valence-corrected chi connectivity index (χ4v) is 3.34. The number of hydrogen-bond donors (Lipinski definition) is 1. The molecule has 1 aliphatic heterocycles. The zero-order chi connectivity index (χ0) is 16.4. The van der Waals surface area contributed by atoms with Crippen LogP contribution in [0.1, 0.15) is 25.5 Å². The lowest BCUT2D eigenvalue weighted by molar-refractivity contribution is -0.141. The molecule has 0 saturated heterocycles.